The molecule has 0 saturated carbocycles. The number of aromatic nitrogens is 2. The van der Waals surface area contributed by atoms with E-state index in [-0.39, 0.29) is 18.0 Å². The van der Waals surface area contributed by atoms with Crippen LogP contribution in [0.25, 0.3) is 16.9 Å². The van der Waals surface area contributed by atoms with Crippen LogP contribution in [0.3, 0.4) is 0 Å². The van der Waals surface area contributed by atoms with Gasteiger partial charge in [0, 0.05) is 32.8 Å². The Morgan fingerprint density at radius 1 is 1.11 bits per heavy atom. The lowest BCUT2D eigenvalue weighted by Crippen LogP contribution is -2.28. The maximum Gasteiger partial charge on any atom is 0.296 e. The number of nitrogens with zero attached hydrogens (tertiary/aromatic N) is 3. The number of ether oxygens (including phenoxy) is 2. The van der Waals surface area contributed by atoms with E-state index < -0.39 is 0 Å². The molecule has 7 nitrogen and oxygen atoms in total. The topological polar surface area (TPSA) is 82.6 Å². The maximum absolute atomic E-state index is 12.9. The summed E-state index contributed by atoms with van der Waals surface area (Å²) in [5.74, 6) is 0.569. The summed E-state index contributed by atoms with van der Waals surface area (Å²) < 4.78 is 11.7. The smallest absolute Gasteiger partial charge is 0.296 e. The van der Waals surface area contributed by atoms with Gasteiger partial charge in [0.2, 0.25) is 0 Å². The van der Waals surface area contributed by atoms with Gasteiger partial charge in [-0.3, -0.25) is 4.79 Å². The van der Waals surface area contributed by atoms with Crippen molar-refractivity contribution in [3.63, 3.8) is 0 Å². The normalized spacial score (nSPS) is 10.6. The molecule has 1 aromatic heterocycles. The number of nitrogen functional groups attached to an aromatic ring is 1. The van der Waals surface area contributed by atoms with Crippen LogP contribution < -0.4 is 20.9 Å². The van der Waals surface area contributed by atoms with Gasteiger partial charge >= 0.3 is 0 Å². The molecular formula is C20H22N4O3. The molecule has 2 N–H and O–H groups in total. The first-order valence-electron chi connectivity index (χ1n) is 8.40. The minimum atomic E-state index is -0.387. The third-order valence-corrected chi connectivity index (χ3v) is 4.00. The van der Waals surface area contributed by atoms with E-state index in [0.717, 1.165) is 5.56 Å². The van der Waals surface area contributed by atoms with Gasteiger partial charge in [-0.2, -0.15) is 9.78 Å². The van der Waals surface area contributed by atoms with Gasteiger partial charge < -0.3 is 20.1 Å². The van der Waals surface area contributed by atoms with Crippen LogP contribution in [0.5, 0.6) is 5.75 Å². The number of methoxy groups -OCH3 is 1. The van der Waals surface area contributed by atoms with Crippen molar-refractivity contribution in [2.24, 2.45) is 0 Å². The second kappa shape index (κ2) is 7.92. The predicted molar refractivity (Wildman–Crippen MR) is 107 cm³/mol. The van der Waals surface area contributed by atoms with E-state index in [1.54, 1.807) is 36.3 Å². The monoisotopic (exact) mass is 366 g/mol. The van der Waals surface area contributed by atoms with Gasteiger partial charge in [0.1, 0.15) is 17.1 Å². The van der Waals surface area contributed by atoms with Gasteiger partial charge in [-0.05, 0) is 12.1 Å². The van der Waals surface area contributed by atoms with Crippen molar-refractivity contribution >= 4 is 11.4 Å². The average Bonchev–Trinajstić information content (AvgIpc) is 2.68. The van der Waals surface area contributed by atoms with E-state index in [1.165, 1.54) is 4.68 Å². The summed E-state index contributed by atoms with van der Waals surface area (Å²) in [6, 6.07) is 16.7. The molecule has 7 heteroatoms. The van der Waals surface area contributed by atoms with Crippen LogP contribution in [-0.2, 0) is 4.74 Å². The number of hydrogen-bond donors (Lipinski definition) is 1. The van der Waals surface area contributed by atoms with Crippen molar-refractivity contribution in [3.05, 3.63) is 65.0 Å². The zero-order chi connectivity index (χ0) is 19.4. The van der Waals surface area contributed by atoms with Gasteiger partial charge in [-0.15, -0.1) is 0 Å². The third-order valence-electron chi connectivity index (χ3n) is 4.00. The van der Waals surface area contributed by atoms with E-state index in [4.69, 9.17) is 15.2 Å². The Bertz CT molecular complexity index is 984. The number of rotatable bonds is 6. The Morgan fingerprint density at radius 3 is 2.52 bits per heavy atom. The fourth-order valence-corrected chi connectivity index (χ4v) is 2.79. The van der Waals surface area contributed by atoms with Crippen LogP contribution in [0, 0.1) is 0 Å². The highest BCUT2D eigenvalue weighted by molar-refractivity contribution is 5.83. The van der Waals surface area contributed by atoms with Crippen LogP contribution in [-0.4, -0.2) is 37.8 Å². The van der Waals surface area contributed by atoms with E-state index >= 15 is 0 Å². The largest absolute Gasteiger partial charge is 0.467 e. The van der Waals surface area contributed by atoms with E-state index in [9.17, 15) is 4.79 Å². The van der Waals surface area contributed by atoms with Gasteiger partial charge in [-0.25, -0.2) is 0 Å². The lowest BCUT2D eigenvalue weighted by Gasteiger charge is -2.20. The number of benzene rings is 2. The molecule has 0 amide bonds. The van der Waals surface area contributed by atoms with Crippen molar-refractivity contribution in [2.75, 3.05) is 38.6 Å². The SMILES string of the molecule is COCOc1cccc(-n2nc(-c3ccccc3)c(N(C)C)c(N)c2=O)c1. The van der Waals surface area contributed by atoms with Crippen LogP contribution in [0.15, 0.2) is 59.4 Å². The van der Waals surface area contributed by atoms with Gasteiger partial charge in [0.05, 0.1) is 11.4 Å². The summed E-state index contributed by atoms with van der Waals surface area (Å²) in [7, 11) is 5.22. The highest BCUT2D eigenvalue weighted by Gasteiger charge is 2.19. The minimum Gasteiger partial charge on any atom is -0.467 e. The first-order valence-corrected chi connectivity index (χ1v) is 8.40. The quantitative estimate of drug-likeness (QED) is 0.675. The molecule has 0 bridgehead atoms. The molecule has 0 spiro atoms. The molecule has 1 heterocycles. The van der Waals surface area contributed by atoms with Gasteiger partial charge in [0.15, 0.2) is 6.79 Å². The van der Waals surface area contributed by atoms with E-state index in [1.807, 2.05) is 44.4 Å². The van der Waals surface area contributed by atoms with Crippen molar-refractivity contribution < 1.29 is 9.47 Å². The Morgan fingerprint density at radius 2 is 1.85 bits per heavy atom. The Kier molecular flexibility index (Phi) is 5.42. The number of nitrogens with two attached hydrogens (primary N) is 1. The van der Waals surface area contributed by atoms with Crippen molar-refractivity contribution in [2.45, 2.75) is 0 Å². The molecule has 0 aliphatic heterocycles. The Labute approximate surface area is 157 Å². The molecular weight excluding hydrogens is 344 g/mol. The van der Waals surface area contributed by atoms with Crippen LogP contribution in [0.1, 0.15) is 0 Å². The molecule has 3 rings (SSSR count). The summed E-state index contributed by atoms with van der Waals surface area (Å²) in [6.07, 6.45) is 0. The van der Waals surface area contributed by atoms with E-state index in [2.05, 4.69) is 5.10 Å². The second-order valence-electron chi connectivity index (χ2n) is 6.14. The first kappa shape index (κ1) is 18.5. The highest BCUT2D eigenvalue weighted by Crippen LogP contribution is 2.31. The third kappa shape index (κ3) is 3.78. The molecule has 0 unspecified atom stereocenters. The molecule has 0 aliphatic rings. The zero-order valence-corrected chi connectivity index (χ0v) is 15.5. The molecule has 0 fully saturated rings. The molecule has 140 valence electrons. The summed E-state index contributed by atoms with van der Waals surface area (Å²) in [5.41, 5.74) is 8.61. The van der Waals surface area contributed by atoms with E-state index in [0.29, 0.717) is 22.8 Å². The van der Waals surface area contributed by atoms with Crippen molar-refractivity contribution in [1.82, 2.24) is 9.78 Å². The van der Waals surface area contributed by atoms with Crippen molar-refractivity contribution in [3.8, 4) is 22.7 Å². The fraction of sp³-hybridized carbons (Fsp3) is 0.200. The number of anilines is 2. The fourth-order valence-electron chi connectivity index (χ4n) is 2.79. The van der Waals surface area contributed by atoms with Crippen LogP contribution in [0.4, 0.5) is 11.4 Å². The summed E-state index contributed by atoms with van der Waals surface area (Å²) in [4.78, 5) is 14.7. The van der Waals surface area contributed by atoms with Gasteiger partial charge in [-0.1, -0.05) is 36.4 Å². The second-order valence-corrected chi connectivity index (χ2v) is 6.14. The Hall–Kier alpha value is -3.32. The highest BCUT2D eigenvalue weighted by atomic mass is 16.7. The lowest BCUT2D eigenvalue weighted by molar-refractivity contribution is 0.0511. The molecule has 0 radical (unpaired) electrons. The summed E-state index contributed by atoms with van der Waals surface area (Å²) in [5, 5.41) is 4.61. The maximum atomic E-state index is 12.9. The standard InChI is InChI=1S/C20H22N4O3/c1-23(2)19-17(21)20(25)24(22-18(19)14-8-5-4-6-9-14)15-10-7-11-16(12-15)27-13-26-3/h4-12H,13,21H2,1-3H3. The van der Waals surface area contributed by atoms with Crippen LogP contribution in [0.2, 0.25) is 0 Å². The molecule has 2 aromatic carbocycles. The zero-order valence-electron chi connectivity index (χ0n) is 15.5. The summed E-state index contributed by atoms with van der Waals surface area (Å²) in [6.45, 7) is 0.114. The molecule has 27 heavy (non-hydrogen) atoms. The molecule has 0 atom stereocenters. The Balaban J connectivity index is 2.20. The summed E-state index contributed by atoms with van der Waals surface area (Å²) >= 11 is 0. The lowest BCUT2D eigenvalue weighted by atomic mass is 10.1. The molecule has 3 aromatic rings. The predicted octanol–water partition coefficient (Wildman–Crippen LogP) is 2.53. The van der Waals surface area contributed by atoms with Crippen molar-refractivity contribution in [1.29, 1.82) is 0 Å². The molecule has 0 saturated heterocycles. The minimum absolute atomic E-state index is 0.114. The first-order chi connectivity index (χ1) is 13.0. The number of hydrogen-bond acceptors (Lipinski definition) is 6. The molecule has 0 aliphatic carbocycles. The average molecular weight is 366 g/mol. The van der Waals surface area contributed by atoms with Crippen LogP contribution >= 0.6 is 0 Å². The van der Waals surface area contributed by atoms with Gasteiger partial charge in [0.25, 0.3) is 5.56 Å².